The van der Waals surface area contributed by atoms with E-state index in [1.807, 2.05) is 12.1 Å². The van der Waals surface area contributed by atoms with Crippen molar-refractivity contribution in [1.29, 1.82) is 0 Å². The minimum Gasteiger partial charge on any atom is -0.488 e. The first-order valence-corrected chi connectivity index (χ1v) is 9.26. The number of fused-ring (bicyclic) bond motifs is 1. The monoisotopic (exact) mass is 355 g/mol. The van der Waals surface area contributed by atoms with Crippen LogP contribution in [0.4, 0.5) is 0 Å². The molecule has 2 aromatic carbocycles. The number of benzene rings is 2. The molecule has 1 aromatic heterocycles. The van der Waals surface area contributed by atoms with Gasteiger partial charge in [-0.3, -0.25) is 0 Å². The Morgan fingerprint density at radius 2 is 1.72 bits per heavy atom. The molecule has 0 aliphatic rings. The summed E-state index contributed by atoms with van der Waals surface area (Å²) in [5.74, 6) is 0.916. The highest BCUT2D eigenvalue weighted by atomic mass is 35.5. The van der Waals surface area contributed by atoms with Crippen molar-refractivity contribution in [2.45, 2.75) is 53.2 Å². The van der Waals surface area contributed by atoms with Gasteiger partial charge in [0, 0.05) is 22.5 Å². The SMILES string of the molecule is CCCn1c(-c2ccc(Cl)cc2)c(C)c2cc(OC(C)(C)C)ccc21. The van der Waals surface area contributed by atoms with E-state index in [1.54, 1.807) is 0 Å². The Balaban J connectivity index is 2.20. The number of halogens is 1. The van der Waals surface area contributed by atoms with Gasteiger partial charge in [-0.05, 0) is 75.6 Å². The second-order valence-corrected chi connectivity index (χ2v) is 7.96. The third-order valence-electron chi connectivity index (χ3n) is 4.28. The van der Waals surface area contributed by atoms with Crippen LogP contribution < -0.4 is 4.74 Å². The Labute approximate surface area is 155 Å². The van der Waals surface area contributed by atoms with Gasteiger partial charge in [-0.2, -0.15) is 0 Å². The minimum atomic E-state index is -0.202. The standard InChI is InChI=1S/C22H26ClNO/c1-6-13-24-20-12-11-18(25-22(3,4)5)14-19(20)15(2)21(24)16-7-9-17(23)10-8-16/h7-12,14H,6,13H2,1-5H3. The number of aromatic nitrogens is 1. The van der Waals surface area contributed by atoms with Crippen LogP contribution in [0.2, 0.25) is 5.02 Å². The van der Waals surface area contributed by atoms with E-state index in [0.717, 1.165) is 23.7 Å². The first kappa shape index (κ1) is 17.9. The van der Waals surface area contributed by atoms with Gasteiger partial charge in [-0.1, -0.05) is 30.7 Å². The molecule has 0 aliphatic carbocycles. The first-order chi connectivity index (χ1) is 11.8. The van der Waals surface area contributed by atoms with Crippen LogP contribution in [0.1, 0.15) is 39.7 Å². The summed E-state index contributed by atoms with van der Waals surface area (Å²) in [7, 11) is 0. The molecule has 0 atom stereocenters. The predicted octanol–water partition coefficient (Wildman–Crippen LogP) is 6.86. The quantitative estimate of drug-likeness (QED) is 0.498. The largest absolute Gasteiger partial charge is 0.488 e. The second-order valence-electron chi connectivity index (χ2n) is 7.53. The van der Waals surface area contributed by atoms with Crippen molar-refractivity contribution in [2.24, 2.45) is 0 Å². The lowest BCUT2D eigenvalue weighted by molar-refractivity contribution is 0.131. The molecule has 1 heterocycles. The first-order valence-electron chi connectivity index (χ1n) is 8.88. The number of hydrogen-bond acceptors (Lipinski definition) is 1. The summed E-state index contributed by atoms with van der Waals surface area (Å²) in [5, 5.41) is 2.01. The fourth-order valence-electron chi connectivity index (χ4n) is 3.35. The minimum absolute atomic E-state index is 0.202. The van der Waals surface area contributed by atoms with Crippen LogP contribution in [0.5, 0.6) is 5.75 Å². The van der Waals surface area contributed by atoms with Crippen molar-refractivity contribution in [2.75, 3.05) is 0 Å². The Morgan fingerprint density at radius 1 is 1.04 bits per heavy atom. The van der Waals surface area contributed by atoms with Crippen molar-refractivity contribution in [3.8, 4) is 17.0 Å². The number of hydrogen-bond donors (Lipinski definition) is 0. The summed E-state index contributed by atoms with van der Waals surface area (Å²) >= 11 is 6.08. The van der Waals surface area contributed by atoms with Gasteiger partial charge in [-0.25, -0.2) is 0 Å². The zero-order valence-electron chi connectivity index (χ0n) is 15.7. The van der Waals surface area contributed by atoms with Crippen LogP contribution in [0.15, 0.2) is 42.5 Å². The van der Waals surface area contributed by atoms with Crippen LogP contribution in [0.3, 0.4) is 0 Å². The van der Waals surface area contributed by atoms with Gasteiger partial charge in [-0.15, -0.1) is 0 Å². The molecule has 0 radical (unpaired) electrons. The lowest BCUT2D eigenvalue weighted by Gasteiger charge is -2.21. The molecule has 0 saturated heterocycles. The molecule has 0 aliphatic heterocycles. The van der Waals surface area contributed by atoms with E-state index in [1.165, 1.54) is 27.7 Å². The maximum atomic E-state index is 6.08. The van der Waals surface area contributed by atoms with Crippen LogP contribution in [0.25, 0.3) is 22.2 Å². The van der Waals surface area contributed by atoms with E-state index < -0.39 is 0 Å². The van der Waals surface area contributed by atoms with E-state index in [9.17, 15) is 0 Å². The Hall–Kier alpha value is -1.93. The van der Waals surface area contributed by atoms with E-state index in [0.29, 0.717) is 0 Å². The second kappa shape index (κ2) is 6.76. The molecule has 0 fully saturated rings. The number of nitrogens with zero attached hydrogens (tertiary/aromatic N) is 1. The molecule has 3 heteroatoms. The van der Waals surface area contributed by atoms with Gasteiger partial charge in [0.15, 0.2) is 0 Å². The molecule has 3 aromatic rings. The zero-order chi connectivity index (χ0) is 18.2. The number of aryl methyl sites for hydroxylation is 2. The van der Waals surface area contributed by atoms with E-state index in [4.69, 9.17) is 16.3 Å². The van der Waals surface area contributed by atoms with Gasteiger partial charge in [0.05, 0.1) is 5.69 Å². The average Bonchev–Trinajstić information content (AvgIpc) is 2.80. The van der Waals surface area contributed by atoms with Crippen LogP contribution in [0, 0.1) is 6.92 Å². The number of rotatable bonds is 4. The highest BCUT2D eigenvalue weighted by Gasteiger charge is 2.18. The van der Waals surface area contributed by atoms with Crippen LogP contribution in [-0.2, 0) is 6.54 Å². The van der Waals surface area contributed by atoms with Gasteiger partial charge in [0.2, 0.25) is 0 Å². The maximum Gasteiger partial charge on any atom is 0.120 e. The molecular weight excluding hydrogens is 330 g/mol. The van der Waals surface area contributed by atoms with Crippen LogP contribution >= 0.6 is 11.6 Å². The number of ether oxygens (including phenoxy) is 1. The Kier molecular flexibility index (Phi) is 4.83. The maximum absolute atomic E-state index is 6.08. The summed E-state index contributed by atoms with van der Waals surface area (Å²) in [4.78, 5) is 0. The van der Waals surface area contributed by atoms with Crippen molar-refractivity contribution in [1.82, 2.24) is 4.57 Å². The molecule has 0 spiro atoms. The van der Waals surface area contributed by atoms with Gasteiger partial charge in [0.1, 0.15) is 11.4 Å². The molecule has 0 N–H and O–H groups in total. The van der Waals surface area contributed by atoms with Crippen molar-refractivity contribution < 1.29 is 4.74 Å². The third kappa shape index (κ3) is 3.69. The summed E-state index contributed by atoms with van der Waals surface area (Å²) in [6.07, 6.45) is 1.09. The topological polar surface area (TPSA) is 14.2 Å². The van der Waals surface area contributed by atoms with Gasteiger partial charge < -0.3 is 9.30 Å². The molecule has 0 amide bonds. The fourth-order valence-corrected chi connectivity index (χ4v) is 3.48. The smallest absolute Gasteiger partial charge is 0.120 e. The molecule has 0 unspecified atom stereocenters. The predicted molar refractivity (Wildman–Crippen MR) is 108 cm³/mol. The normalized spacial score (nSPS) is 11.9. The van der Waals surface area contributed by atoms with Gasteiger partial charge in [0.25, 0.3) is 0 Å². The lowest BCUT2D eigenvalue weighted by Crippen LogP contribution is -2.22. The molecule has 3 rings (SSSR count). The Morgan fingerprint density at radius 3 is 2.32 bits per heavy atom. The summed E-state index contributed by atoms with van der Waals surface area (Å²) < 4.78 is 8.48. The molecular formula is C22H26ClNO. The molecule has 0 bridgehead atoms. The van der Waals surface area contributed by atoms with E-state index in [2.05, 4.69) is 69.5 Å². The van der Waals surface area contributed by atoms with E-state index in [-0.39, 0.29) is 5.60 Å². The zero-order valence-corrected chi connectivity index (χ0v) is 16.4. The van der Waals surface area contributed by atoms with E-state index >= 15 is 0 Å². The molecule has 2 nitrogen and oxygen atoms in total. The summed E-state index contributed by atoms with van der Waals surface area (Å²) in [6.45, 7) is 11.6. The van der Waals surface area contributed by atoms with Crippen LogP contribution in [-0.4, -0.2) is 10.2 Å². The van der Waals surface area contributed by atoms with Crippen molar-refractivity contribution in [3.63, 3.8) is 0 Å². The molecule has 0 saturated carbocycles. The van der Waals surface area contributed by atoms with Gasteiger partial charge >= 0.3 is 0 Å². The molecule has 132 valence electrons. The van der Waals surface area contributed by atoms with Crippen molar-refractivity contribution >= 4 is 22.5 Å². The summed E-state index contributed by atoms with van der Waals surface area (Å²) in [5.41, 5.74) is 4.80. The Bertz CT molecular complexity index is 885. The molecule has 25 heavy (non-hydrogen) atoms. The lowest BCUT2D eigenvalue weighted by atomic mass is 10.1. The fraction of sp³-hybridized carbons (Fsp3) is 0.364. The highest BCUT2D eigenvalue weighted by Crippen LogP contribution is 2.36. The third-order valence-corrected chi connectivity index (χ3v) is 4.53. The average molecular weight is 356 g/mol. The summed E-state index contributed by atoms with van der Waals surface area (Å²) in [6, 6.07) is 14.5. The van der Waals surface area contributed by atoms with Crippen molar-refractivity contribution in [3.05, 3.63) is 53.1 Å². The highest BCUT2D eigenvalue weighted by molar-refractivity contribution is 6.30.